The molecule has 2 aromatic heterocycles. The highest BCUT2D eigenvalue weighted by atomic mass is 16.6. The summed E-state index contributed by atoms with van der Waals surface area (Å²) in [5.74, 6) is -0.391. The van der Waals surface area contributed by atoms with Crippen LogP contribution in [0.25, 0.3) is 11.8 Å². The number of hydrogen-bond acceptors (Lipinski definition) is 6. The lowest BCUT2D eigenvalue weighted by molar-refractivity contribution is -0.384. The summed E-state index contributed by atoms with van der Waals surface area (Å²) in [6, 6.07) is 0. The second kappa shape index (κ2) is 7.26. The average Bonchev–Trinajstić information content (AvgIpc) is 3.32. The van der Waals surface area contributed by atoms with Gasteiger partial charge in [0, 0.05) is 32.0 Å². The summed E-state index contributed by atoms with van der Waals surface area (Å²) in [6.45, 7) is 1.08. The summed E-state index contributed by atoms with van der Waals surface area (Å²) in [5.41, 5.74) is 0.658. The SMILES string of the molecule is Cn1cc(/C=C(/C(=O)NCC2CCCO2)n2cc([N+](=O)[O-])cn2)cn1. The quantitative estimate of drug-likeness (QED) is 0.470. The third-order valence-corrected chi connectivity index (χ3v) is 3.80. The van der Waals surface area contributed by atoms with Crippen molar-refractivity contribution in [2.24, 2.45) is 7.05 Å². The molecule has 0 aliphatic carbocycles. The van der Waals surface area contributed by atoms with Crippen molar-refractivity contribution in [1.82, 2.24) is 24.9 Å². The normalized spacial score (nSPS) is 17.6. The van der Waals surface area contributed by atoms with Crippen LogP contribution >= 0.6 is 0 Å². The minimum atomic E-state index is -0.560. The molecule has 1 fully saturated rings. The Morgan fingerprint density at radius 2 is 2.32 bits per heavy atom. The second-order valence-electron chi connectivity index (χ2n) is 5.72. The molecule has 10 nitrogen and oxygen atoms in total. The van der Waals surface area contributed by atoms with E-state index in [1.807, 2.05) is 0 Å². The average molecular weight is 346 g/mol. The number of nitrogens with zero attached hydrogens (tertiary/aromatic N) is 5. The fraction of sp³-hybridized carbons (Fsp3) is 0.400. The molecular formula is C15H18N6O4. The Bertz CT molecular complexity index is 803. The van der Waals surface area contributed by atoms with Crippen LogP contribution < -0.4 is 5.32 Å². The van der Waals surface area contributed by atoms with E-state index in [1.54, 1.807) is 30.2 Å². The molecule has 0 saturated carbocycles. The molecule has 1 aliphatic heterocycles. The van der Waals surface area contributed by atoms with Crippen molar-refractivity contribution < 1.29 is 14.5 Å². The van der Waals surface area contributed by atoms with Gasteiger partial charge in [-0.3, -0.25) is 19.6 Å². The van der Waals surface area contributed by atoms with Gasteiger partial charge in [0.1, 0.15) is 18.1 Å². The largest absolute Gasteiger partial charge is 0.376 e. The molecule has 1 amide bonds. The maximum absolute atomic E-state index is 12.6. The first-order valence-electron chi connectivity index (χ1n) is 7.82. The molecule has 25 heavy (non-hydrogen) atoms. The van der Waals surface area contributed by atoms with Crippen molar-refractivity contribution in [3.63, 3.8) is 0 Å². The number of amides is 1. The number of nitro groups is 1. The lowest BCUT2D eigenvalue weighted by Crippen LogP contribution is -2.33. The Balaban J connectivity index is 1.83. The Labute approximate surface area is 143 Å². The van der Waals surface area contributed by atoms with E-state index >= 15 is 0 Å². The number of carbonyl (C=O) groups is 1. The van der Waals surface area contributed by atoms with E-state index in [4.69, 9.17) is 4.74 Å². The zero-order chi connectivity index (χ0) is 17.8. The van der Waals surface area contributed by atoms with Crippen LogP contribution in [0.15, 0.2) is 24.8 Å². The molecule has 0 radical (unpaired) electrons. The molecule has 1 aliphatic rings. The van der Waals surface area contributed by atoms with Gasteiger partial charge in [0.25, 0.3) is 5.91 Å². The molecule has 1 saturated heterocycles. The Hall–Kier alpha value is -3.01. The monoisotopic (exact) mass is 346 g/mol. The van der Waals surface area contributed by atoms with Crippen LogP contribution in [0.3, 0.4) is 0 Å². The fourth-order valence-corrected chi connectivity index (χ4v) is 2.55. The molecule has 1 N–H and O–H groups in total. The van der Waals surface area contributed by atoms with Gasteiger partial charge in [-0.05, 0) is 18.9 Å². The van der Waals surface area contributed by atoms with E-state index in [2.05, 4.69) is 15.5 Å². The van der Waals surface area contributed by atoms with Gasteiger partial charge >= 0.3 is 5.69 Å². The molecular weight excluding hydrogens is 328 g/mol. The summed E-state index contributed by atoms with van der Waals surface area (Å²) in [7, 11) is 1.76. The van der Waals surface area contributed by atoms with Gasteiger partial charge in [0.2, 0.25) is 0 Å². The molecule has 3 heterocycles. The highest BCUT2D eigenvalue weighted by Crippen LogP contribution is 2.16. The first-order valence-corrected chi connectivity index (χ1v) is 7.82. The van der Waals surface area contributed by atoms with E-state index in [-0.39, 0.29) is 17.5 Å². The van der Waals surface area contributed by atoms with Gasteiger partial charge in [-0.2, -0.15) is 10.2 Å². The maximum atomic E-state index is 12.6. The van der Waals surface area contributed by atoms with Gasteiger partial charge in [0.05, 0.1) is 17.2 Å². The van der Waals surface area contributed by atoms with E-state index in [9.17, 15) is 14.9 Å². The molecule has 0 aromatic carbocycles. The third-order valence-electron chi connectivity index (χ3n) is 3.80. The first kappa shape index (κ1) is 16.8. The topological polar surface area (TPSA) is 117 Å². The van der Waals surface area contributed by atoms with Gasteiger partial charge in [-0.1, -0.05) is 0 Å². The van der Waals surface area contributed by atoms with Crippen molar-refractivity contribution in [3.05, 3.63) is 40.5 Å². The van der Waals surface area contributed by atoms with Crippen molar-refractivity contribution in [1.29, 1.82) is 0 Å². The maximum Gasteiger partial charge on any atom is 0.307 e. The lowest BCUT2D eigenvalue weighted by atomic mass is 10.2. The van der Waals surface area contributed by atoms with Gasteiger partial charge < -0.3 is 10.1 Å². The number of rotatable bonds is 6. The van der Waals surface area contributed by atoms with Crippen LogP contribution in [0.1, 0.15) is 18.4 Å². The summed E-state index contributed by atoms with van der Waals surface area (Å²) < 4.78 is 8.27. The minimum Gasteiger partial charge on any atom is -0.376 e. The number of hydrogen-bond donors (Lipinski definition) is 1. The van der Waals surface area contributed by atoms with E-state index in [0.29, 0.717) is 18.7 Å². The first-order chi connectivity index (χ1) is 12.0. The molecule has 132 valence electrons. The number of aryl methyl sites for hydroxylation is 1. The van der Waals surface area contributed by atoms with Crippen LogP contribution in [0, 0.1) is 10.1 Å². The number of carbonyl (C=O) groups excluding carboxylic acids is 1. The fourth-order valence-electron chi connectivity index (χ4n) is 2.55. The smallest absolute Gasteiger partial charge is 0.307 e. The second-order valence-corrected chi connectivity index (χ2v) is 5.72. The standard InChI is InChI=1S/C15H18N6O4/c1-19-9-11(6-17-19)5-14(20-10-12(7-18-20)21(23)24)15(22)16-8-13-3-2-4-25-13/h5-7,9-10,13H,2-4,8H2,1H3,(H,16,22)/b14-5-. The van der Waals surface area contributed by atoms with Crippen LogP contribution in [0.2, 0.25) is 0 Å². The summed E-state index contributed by atoms with van der Waals surface area (Å²) >= 11 is 0. The molecule has 10 heteroatoms. The summed E-state index contributed by atoms with van der Waals surface area (Å²) in [6.07, 6.45) is 9.07. The van der Waals surface area contributed by atoms with Crippen molar-refractivity contribution in [3.8, 4) is 0 Å². The van der Waals surface area contributed by atoms with E-state index < -0.39 is 10.8 Å². The molecule has 0 spiro atoms. The van der Waals surface area contributed by atoms with E-state index in [0.717, 1.165) is 19.0 Å². The third kappa shape index (κ3) is 4.10. The van der Waals surface area contributed by atoms with Gasteiger partial charge in [-0.25, -0.2) is 4.68 Å². The molecule has 3 rings (SSSR count). The summed E-state index contributed by atoms with van der Waals surface area (Å²) in [4.78, 5) is 22.9. The minimum absolute atomic E-state index is 0.00412. The van der Waals surface area contributed by atoms with E-state index in [1.165, 1.54) is 10.9 Å². The van der Waals surface area contributed by atoms with Crippen molar-refractivity contribution in [2.75, 3.05) is 13.2 Å². The van der Waals surface area contributed by atoms with Crippen molar-refractivity contribution >= 4 is 23.4 Å². The zero-order valence-electron chi connectivity index (χ0n) is 13.7. The van der Waals surface area contributed by atoms with Gasteiger partial charge in [-0.15, -0.1) is 0 Å². The Kier molecular flexibility index (Phi) is 4.89. The molecule has 0 bridgehead atoms. The predicted molar refractivity (Wildman–Crippen MR) is 88.2 cm³/mol. The predicted octanol–water partition coefficient (Wildman–Crippen LogP) is 0.818. The zero-order valence-corrected chi connectivity index (χ0v) is 13.7. The van der Waals surface area contributed by atoms with Crippen molar-refractivity contribution in [2.45, 2.75) is 18.9 Å². The van der Waals surface area contributed by atoms with Crippen LogP contribution in [0.5, 0.6) is 0 Å². The van der Waals surface area contributed by atoms with Gasteiger partial charge in [0.15, 0.2) is 0 Å². The summed E-state index contributed by atoms with van der Waals surface area (Å²) in [5, 5.41) is 21.6. The molecule has 1 atom stereocenters. The van der Waals surface area contributed by atoms with Crippen LogP contribution in [0.4, 0.5) is 5.69 Å². The lowest BCUT2D eigenvalue weighted by Gasteiger charge is -2.12. The number of ether oxygens (including phenoxy) is 1. The number of nitrogens with one attached hydrogen (secondary N) is 1. The van der Waals surface area contributed by atoms with Crippen LogP contribution in [-0.2, 0) is 16.6 Å². The van der Waals surface area contributed by atoms with Crippen LogP contribution in [-0.4, -0.2) is 49.6 Å². The molecule has 1 unspecified atom stereocenters. The highest BCUT2D eigenvalue weighted by molar-refractivity contribution is 6.18. The Morgan fingerprint density at radius 1 is 1.48 bits per heavy atom. The molecule has 2 aromatic rings. The number of aromatic nitrogens is 4. The highest BCUT2D eigenvalue weighted by Gasteiger charge is 2.20. The Morgan fingerprint density at radius 3 is 2.92 bits per heavy atom.